The van der Waals surface area contributed by atoms with Crippen LogP contribution in [-0.4, -0.2) is 27.6 Å². The number of carboxylic acid groups (broad SMARTS) is 1. The summed E-state index contributed by atoms with van der Waals surface area (Å²) in [6, 6.07) is 10.2. The maximum absolute atomic E-state index is 13.2. The van der Waals surface area contributed by atoms with E-state index >= 15 is 0 Å². The van der Waals surface area contributed by atoms with Crippen molar-refractivity contribution >= 4 is 67.5 Å². The van der Waals surface area contributed by atoms with Crippen LogP contribution in [0.2, 0.25) is 10.0 Å². The second-order valence-electron chi connectivity index (χ2n) is 6.22. The van der Waals surface area contributed by atoms with Crippen LogP contribution in [0.25, 0.3) is 10.2 Å². The number of carbonyl (C=O) groups is 2. The molecule has 0 radical (unpaired) electrons. The number of nitrogens with zero attached hydrogens (tertiary/aromatic N) is 2. The number of amides is 1. The zero-order valence-electron chi connectivity index (χ0n) is 13.9. The Balaban J connectivity index is 1.93. The van der Waals surface area contributed by atoms with E-state index in [1.165, 1.54) is 23.2 Å². The van der Waals surface area contributed by atoms with Gasteiger partial charge in [-0.3, -0.25) is 9.59 Å². The molecule has 4 rings (SSSR count). The van der Waals surface area contributed by atoms with Crippen LogP contribution >= 0.6 is 34.5 Å². The first-order valence-corrected chi connectivity index (χ1v) is 9.46. The minimum Gasteiger partial charge on any atom is -0.481 e. The third-order valence-electron chi connectivity index (χ3n) is 4.21. The predicted molar refractivity (Wildman–Crippen MR) is 105 cm³/mol. The number of para-hydroxylation sites is 2. The SMILES string of the molecule is CC1(CC(=O)O)Oc2ccccc2N(c2nc3c(Cl)ccc(Cl)c3s2)C1=O. The fourth-order valence-electron chi connectivity index (χ4n) is 2.98. The molecule has 2 aromatic carbocycles. The normalized spacial score (nSPS) is 19.1. The molecular weight excluding hydrogens is 411 g/mol. The van der Waals surface area contributed by atoms with Crippen molar-refractivity contribution < 1.29 is 19.4 Å². The number of ether oxygens (including phenoxy) is 1. The minimum atomic E-state index is -1.56. The number of thiazole rings is 1. The van der Waals surface area contributed by atoms with E-state index in [0.717, 1.165) is 0 Å². The summed E-state index contributed by atoms with van der Waals surface area (Å²) in [6.45, 7) is 1.46. The highest BCUT2D eigenvalue weighted by molar-refractivity contribution is 7.23. The summed E-state index contributed by atoms with van der Waals surface area (Å²) >= 11 is 13.7. The Morgan fingerprint density at radius 3 is 2.67 bits per heavy atom. The number of hydrogen-bond donors (Lipinski definition) is 1. The average Bonchev–Trinajstić information content (AvgIpc) is 3.05. The largest absolute Gasteiger partial charge is 0.481 e. The molecule has 27 heavy (non-hydrogen) atoms. The van der Waals surface area contributed by atoms with Gasteiger partial charge in [-0.05, 0) is 31.2 Å². The number of aliphatic carboxylic acids is 1. The van der Waals surface area contributed by atoms with E-state index in [4.69, 9.17) is 27.9 Å². The van der Waals surface area contributed by atoms with Gasteiger partial charge in [-0.15, -0.1) is 0 Å². The van der Waals surface area contributed by atoms with Crippen LogP contribution < -0.4 is 9.64 Å². The summed E-state index contributed by atoms with van der Waals surface area (Å²) in [5.74, 6) is -1.26. The number of fused-ring (bicyclic) bond motifs is 2. The Hall–Kier alpha value is -2.35. The molecule has 1 aliphatic heterocycles. The quantitative estimate of drug-likeness (QED) is 0.649. The van der Waals surface area contributed by atoms with Crippen molar-refractivity contribution in [2.75, 3.05) is 4.90 Å². The van der Waals surface area contributed by atoms with Crippen LogP contribution in [0.3, 0.4) is 0 Å². The molecule has 2 heterocycles. The minimum absolute atomic E-state index is 0.345. The molecule has 0 aliphatic carbocycles. The second-order valence-corrected chi connectivity index (χ2v) is 8.01. The number of rotatable bonds is 3. The zero-order valence-corrected chi connectivity index (χ0v) is 16.2. The summed E-state index contributed by atoms with van der Waals surface area (Å²) in [6.07, 6.45) is -0.483. The summed E-state index contributed by atoms with van der Waals surface area (Å²) in [4.78, 5) is 30.4. The number of hydrogen-bond acceptors (Lipinski definition) is 5. The fraction of sp³-hybridized carbons (Fsp3) is 0.167. The van der Waals surface area contributed by atoms with E-state index < -0.39 is 23.9 Å². The Kier molecular flexibility index (Phi) is 4.25. The van der Waals surface area contributed by atoms with E-state index in [9.17, 15) is 14.7 Å². The monoisotopic (exact) mass is 422 g/mol. The molecule has 6 nitrogen and oxygen atoms in total. The van der Waals surface area contributed by atoms with Gasteiger partial charge >= 0.3 is 5.97 Å². The van der Waals surface area contributed by atoms with Crippen molar-refractivity contribution in [1.82, 2.24) is 4.98 Å². The predicted octanol–water partition coefficient (Wildman–Crippen LogP) is 4.89. The molecule has 1 atom stereocenters. The molecule has 138 valence electrons. The third kappa shape index (κ3) is 2.92. The molecule has 9 heteroatoms. The van der Waals surface area contributed by atoms with E-state index in [1.54, 1.807) is 36.4 Å². The van der Waals surface area contributed by atoms with E-state index in [1.807, 2.05) is 0 Å². The molecule has 0 bridgehead atoms. The lowest BCUT2D eigenvalue weighted by molar-refractivity contribution is -0.148. The molecule has 1 aliphatic rings. The summed E-state index contributed by atoms with van der Waals surface area (Å²) in [7, 11) is 0. The molecule has 1 N–H and O–H groups in total. The van der Waals surface area contributed by atoms with Gasteiger partial charge in [0.25, 0.3) is 5.91 Å². The van der Waals surface area contributed by atoms with E-state index in [2.05, 4.69) is 4.98 Å². The molecule has 1 amide bonds. The van der Waals surface area contributed by atoms with E-state index in [-0.39, 0.29) is 0 Å². The smallest absolute Gasteiger partial charge is 0.307 e. The number of halogens is 2. The fourth-order valence-corrected chi connectivity index (χ4v) is 4.51. The average molecular weight is 423 g/mol. The molecule has 0 fully saturated rings. The lowest BCUT2D eigenvalue weighted by Crippen LogP contribution is -2.53. The molecular formula is C18H12Cl2N2O4S. The zero-order chi connectivity index (χ0) is 19.3. The van der Waals surface area contributed by atoms with Crippen molar-refractivity contribution in [2.45, 2.75) is 18.9 Å². The Morgan fingerprint density at radius 2 is 1.96 bits per heavy atom. The number of aromatic nitrogens is 1. The van der Waals surface area contributed by atoms with Crippen molar-refractivity contribution in [3.63, 3.8) is 0 Å². The van der Waals surface area contributed by atoms with Crippen molar-refractivity contribution in [3.8, 4) is 5.75 Å². The number of benzene rings is 2. The number of carboxylic acids is 1. The van der Waals surface area contributed by atoms with Gasteiger partial charge in [-0.25, -0.2) is 9.88 Å². The van der Waals surface area contributed by atoms with Gasteiger partial charge in [-0.1, -0.05) is 46.7 Å². The third-order valence-corrected chi connectivity index (χ3v) is 6.02. The van der Waals surface area contributed by atoms with Crippen LogP contribution in [0.1, 0.15) is 13.3 Å². The van der Waals surface area contributed by atoms with Crippen LogP contribution in [0.5, 0.6) is 5.75 Å². The van der Waals surface area contributed by atoms with Gasteiger partial charge in [0.2, 0.25) is 0 Å². The Bertz CT molecular complexity index is 1060. The van der Waals surface area contributed by atoms with Crippen LogP contribution in [0.4, 0.5) is 10.8 Å². The Labute approximate surface area is 167 Å². The summed E-state index contributed by atoms with van der Waals surface area (Å²) in [5, 5.41) is 10.5. The van der Waals surface area contributed by atoms with Crippen LogP contribution in [0.15, 0.2) is 36.4 Å². The molecule has 3 aromatic rings. The standard InChI is InChI=1S/C18H12Cl2N2O4S/c1-18(8-13(23)24)16(25)22(11-4-2-3-5-12(11)26-18)17-21-14-9(19)6-7-10(20)15(14)27-17/h2-7H,8H2,1H3,(H,23,24). The first-order chi connectivity index (χ1) is 12.8. The molecule has 1 aromatic heterocycles. The highest BCUT2D eigenvalue weighted by Gasteiger charge is 2.47. The lowest BCUT2D eigenvalue weighted by atomic mass is 9.97. The van der Waals surface area contributed by atoms with Gasteiger partial charge in [0.1, 0.15) is 11.3 Å². The van der Waals surface area contributed by atoms with Crippen molar-refractivity contribution in [2.24, 2.45) is 0 Å². The van der Waals surface area contributed by atoms with Crippen molar-refractivity contribution in [3.05, 3.63) is 46.4 Å². The molecule has 0 spiro atoms. The highest BCUT2D eigenvalue weighted by Crippen LogP contribution is 2.46. The van der Waals surface area contributed by atoms with Gasteiger partial charge in [0, 0.05) is 0 Å². The molecule has 0 saturated heterocycles. The van der Waals surface area contributed by atoms with Gasteiger partial charge < -0.3 is 9.84 Å². The topological polar surface area (TPSA) is 79.7 Å². The molecule has 1 unspecified atom stereocenters. The molecule has 0 saturated carbocycles. The maximum Gasteiger partial charge on any atom is 0.307 e. The maximum atomic E-state index is 13.2. The first-order valence-electron chi connectivity index (χ1n) is 7.89. The van der Waals surface area contributed by atoms with Crippen molar-refractivity contribution in [1.29, 1.82) is 0 Å². The summed E-state index contributed by atoms with van der Waals surface area (Å²) < 4.78 is 6.42. The summed E-state index contributed by atoms with van der Waals surface area (Å²) in [5.41, 5.74) is -0.594. The number of carbonyl (C=O) groups excluding carboxylic acids is 1. The Morgan fingerprint density at radius 1 is 1.26 bits per heavy atom. The van der Waals surface area contributed by atoms with Crippen LogP contribution in [-0.2, 0) is 9.59 Å². The lowest BCUT2D eigenvalue weighted by Gasteiger charge is -2.38. The van der Waals surface area contributed by atoms with Crippen LogP contribution in [0, 0.1) is 0 Å². The first kappa shape index (κ1) is 18.0. The van der Waals surface area contributed by atoms with Gasteiger partial charge in [0.15, 0.2) is 10.7 Å². The van der Waals surface area contributed by atoms with E-state index in [0.29, 0.717) is 36.8 Å². The second kappa shape index (κ2) is 6.37. The highest BCUT2D eigenvalue weighted by atomic mass is 35.5. The van der Waals surface area contributed by atoms with Gasteiger partial charge in [0.05, 0.1) is 26.9 Å². The van der Waals surface area contributed by atoms with Gasteiger partial charge in [-0.2, -0.15) is 0 Å². The number of anilines is 2.